The zero-order chi connectivity index (χ0) is 10.0. The average molecular weight is 244 g/mol. The minimum Gasteiger partial charge on any atom is -0.457 e. The summed E-state index contributed by atoms with van der Waals surface area (Å²) in [6.45, 7) is 3.98. The van der Waals surface area contributed by atoms with Gasteiger partial charge in [0.05, 0.1) is 5.92 Å². The van der Waals surface area contributed by atoms with E-state index in [-0.39, 0.29) is 23.2 Å². The van der Waals surface area contributed by atoms with Crippen molar-refractivity contribution in [2.75, 3.05) is 0 Å². The van der Waals surface area contributed by atoms with Crippen LogP contribution < -0.4 is 0 Å². The maximum Gasteiger partial charge on any atom is 0.310 e. The van der Waals surface area contributed by atoms with E-state index in [1.54, 1.807) is 0 Å². The van der Waals surface area contributed by atoms with Gasteiger partial charge in [-0.1, -0.05) is 48.7 Å². The van der Waals surface area contributed by atoms with Gasteiger partial charge in [-0.05, 0) is 5.41 Å². The number of rotatable bonds is 0. The van der Waals surface area contributed by atoms with Gasteiger partial charge in [0.15, 0.2) is 6.10 Å². The molecule has 5 heteroatoms. The maximum absolute atomic E-state index is 11.3. The molecule has 0 radical (unpaired) electrons. The summed E-state index contributed by atoms with van der Waals surface area (Å²) >= 11 is 17.1. The van der Waals surface area contributed by atoms with Gasteiger partial charge in [-0.15, -0.1) is 0 Å². The van der Waals surface area contributed by atoms with Gasteiger partial charge in [-0.3, -0.25) is 4.79 Å². The van der Waals surface area contributed by atoms with Crippen molar-refractivity contribution in [1.29, 1.82) is 0 Å². The lowest BCUT2D eigenvalue weighted by molar-refractivity contribution is -0.147. The summed E-state index contributed by atoms with van der Waals surface area (Å²) in [6, 6.07) is 0. The molecule has 2 fully saturated rings. The third-order valence-electron chi connectivity index (χ3n) is 3.06. The highest BCUT2D eigenvalue weighted by Gasteiger charge is 2.74. The third kappa shape index (κ3) is 1.26. The summed E-state index contributed by atoms with van der Waals surface area (Å²) < 4.78 is 3.49. The van der Waals surface area contributed by atoms with Gasteiger partial charge >= 0.3 is 5.97 Å². The number of cyclic esters (lactones) is 1. The van der Waals surface area contributed by atoms with Crippen LogP contribution in [0.2, 0.25) is 0 Å². The molecule has 0 bridgehead atoms. The summed E-state index contributed by atoms with van der Waals surface area (Å²) in [7, 11) is 0. The third-order valence-corrected chi connectivity index (χ3v) is 3.70. The summed E-state index contributed by atoms with van der Waals surface area (Å²) in [5, 5.41) is 0. The van der Waals surface area contributed by atoms with E-state index in [1.807, 2.05) is 13.8 Å². The molecule has 1 aliphatic carbocycles. The van der Waals surface area contributed by atoms with Crippen LogP contribution >= 0.6 is 34.8 Å². The van der Waals surface area contributed by atoms with E-state index in [9.17, 15) is 4.79 Å². The Labute approximate surface area is 91.5 Å². The summed E-state index contributed by atoms with van der Waals surface area (Å²) in [6.07, 6.45) is -0.579. The Balaban J connectivity index is 2.24. The molecule has 0 amide bonds. The molecule has 2 nitrogen and oxygen atoms in total. The van der Waals surface area contributed by atoms with Crippen LogP contribution in [0.25, 0.3) is 0 Å². The normalized spacial score (nSPS) is 41.3. The number of ether oxygens (including phenoxy) is 1. The Kier molecular flexibility index (Phi) is 1.88. The van der Waals surface area contributed by atoms with Crippen LogP contribution in [0.1, 0.15) is 13.8 Å². The van der Waals surface area contributed by atoms with Gasteiger partial charge in [0, 0.05) is 5.92 Å². The van der Waals surface area contributed by atoms with Crippen LogP contribution in [-0.4, -0.2) is 15.9 Å². The predicted octanol–water partition coefficient (Wildman–Crippen LogP) is 2.55. The first kappa shape index (κ1) is 9.88. The molecule has 0 aromatic rings. The monoisotopic (exact) mass is 242 g/mol. The number of carbonyl (C=O) groups excluding carboxylic acids is 1. The minimum atomic E-state index is -1.50. The number of hydrogen-bond donors (Lipinski definition) is 0. The Hall–Kier alpha value is 0.340. The molecule has 0 spiro atoms. The van der Waals surface area contributed by atoms with Gasteiger partial charge < -0.3 is 4.74 Å². The minimum absolute atomic E-state index is 0.0625. The van der Waals surface area contributed by atoms with Crippen LogP contribution in [0.3, 0.4) is 0 Å². The van der Waals surface area contributed by atoms with E-state index in [0.29, 0.717) is 0 Å². The lowest BCUT2D eigenvalue weighted by Crippen LogP contribution is -2.32. The van der Waals surface area contributed by atoms with Crippen molar-refractivity contribution in [3.63, 3.8) is 0 Å². The number of carbonyl (C=O) groups is 1. The first-order valence-electron chi connectivity index (χ1n) is 4.03. The van der Waals surface area contributed by atoms with Crippen molar-refractivity contribution in [1.82, 2.24) is 0 Å². The fourth-order valence-electron chi connectivity index (χ4n) is 2.24. The molecule has 1 saturated carbocycles. The smallest absolute Gasteiger partial charge is 0.310 e. The number of alkyl halides is 3. The van der Waals surface area contributed by atoms with Crippen molar-refractivity contribution in [2.24, 2.45) is 17.3 Å². The average Bonchev–Trinajstić information content (AvgIpc) is 2.35. The van der Waals surface area contributed by atoms with Gasteiger partial charge in [0.1, 0.15) is 0 Å². The highest BCUT2D eigenvalue weighted by atomic mass is 35.6. The van der Waals surface area contributed by atoms with Gasteiger partial charge in [0.2, 0.25) is 3.79 Å². The molecular formula is C8H9Cl3O2. The second-order valence-electron chi connectivity index (χ2n) is 4.22. The SMILES string of the molecule is CC1(C)[C@@H]2[C@H]1C(=O)O[C@@H]2C(Cl)(Cl)Cl. The topological polar surface area (TPSA) is 26.3 Å². The first-order valence-corrected chi connectivity index (χ1v) is 5.17. The predicted molar refractivity (Wildman–Crippen MR) is 50.9 cm³/mol. The van der Waals surface area contributed by atoms with Crippen molar-refractivity contribution in [3.8, 4) is 0 Å². The molecular weight excluding hydrogens is 234 g/mol. The maximum atomic E-state index is 11.3. The van der Waals surface area contributed by atoms with E-state index in [0.717, 1.165) is 0 Å². The Morgan fingerprint density at radius 1 is 1.38 bits per heavy atom. The summed E-state index contributed by atoms with van der Waals surface area (Å²) in [5.41, 5.74) is -0.0656. The van der Waals surface area contributed by atoms with E-state index >= 15 is 0 Å². The molecule has 1 aliphatic heterocycles. The second-order valence-corrected chi connectivity index (χ2v) is 6.59. The fraction of sp³-hybridized carbons (Fsp3) is 0.875. The van der Waals surface area contributed by atoms with Crippen LogP contribution in [0.5, 0.6) is 0 Å². The molecule has 2 aliphatic rings. The largest absolute Gasteiger partial charge is 0.457 e. The van der Waals surface area contributed by atoms with Crippen LogP contribution in [0.4, 0.5) is 0 Å². The van der Waals surface area contributed by atoms with Crippen LogP contribution in [0.15, 0.2) is 0 Å². The molecule has 0 aromatic heterocycles. The first-order chi connectivity index (χ1) is 5.76. The van der Waals surface area contributed by atoms with Crippen LogP contribution in [-0.2, 0) is 9.53 Å². The molecule has 2 rings (SSSR count). The molecule has 0 aromatic carbocycles. The van der Waals surface area contributed by atoms with Crippen LogP contribution in [0, 0.1) is 17.3 Å². The van der Waals surface area contributed by atoms with E-state index in [2.05, 4.69) is 0 Å². The van der Waals surface area contributed by atoms with Gasteiger partial charge in [-0.2, -0.15) is 0 Å². The Morgan fingerprint density at radius 2 is 1.92 bits per heavy atom. The van der Waals surface area contributed by atoms with E-state index < -0.39 is 9.90 Å². The van der Waals surface area contributed by atoms with Crippen molar-refractivity contribution >= 4 is 40.8 Å². The van der Waals surface area contributed by atoms with Crippen molar-refractivity contribution in [2.45, 2.75) is 23.7 Å². The lowest BCUT2D eigenvalue weighted by atomic mass is 10.1. The molecule has 0 N–H and O–H groups in total. The van der Waals surface area contributed by atoms with Gasteiger partial charge in [-0.25, -0.2) is 0 Å². The summed E-state index contributed by atoms with van der Waals surface area (Å²) in [4.78, 5) is 11.3. The molecule has 13 heavy (non-hydrogen) atoms. The molecule has 1 saturated heterocycles. The molecule has 0 unspecified atom stereocenters. The number of esters is 1. The summed E-state index contributed by atoms with van der Waals surface area (Å²) in [5.74, 6) is -0.244. The second kappa shape index (κ2) is 2.47. The van der Waals surface area contributed by atoms with E-state index in [4.69, 9.17) is 39.5 Å². The van der Waals surface area contributed by atoms with E-state index in [1.165, 1.54) is 0 Å². The fourth-order valence-corrected chi connectivity index (χ4v) is 2.78. The quantitative estimate of drug-likeness (QED) is 0.483. The standard InChI is InChI=1S/C8H9Cl3O2/c1-7(2)3-4(7)6(12)13-5(3)8(9,10)11/h3-5H,1-2H3/t3-,4+,5+/m1/s1. The molecule has 74 valence electrons. The Morgan fingerprint density at radius 3 is 2.15 bits per heavy atom. The lowest BCUT2D eigenvalue weighted by Gasteiger charge is -2.23. The number of halogens is 3. The van der Waals surface area contributed by atoms with Crippen molar-refractivity contribution < 1.29 is 9.53 Å². The Bertz CT molecular complexity index is 269. The highest BCUT2D eigenvalue weighted by Crippen LogP contribution is 2.67. The van der Waals surface area contributed by atoms with Crippen molar-refractivity contribution in [3.05, 3.63) is 0 Å². The highest BCUT2D eigenvalue weighted by molar-refractivity contribution is 6.68. The number of hydrogen-bond acceptors (Lipinski definition) is 2. The number of fused-ring (bicyclic) bond motifs is 1. The zero-order valence-electron chi connectivity index (χ0n) is 7.18. The molecule has 1 heterocycles. The molecule has 3 atom stereocenters. The van der Waals surface area contributed by atoms with Gasteiger partial charge in [0.25, 0.3) is 0 Å². The zero-order valence-corrected chi connectivity index (χ0v) is 9.45.